The fourth-order valence-corrected chi connectivity index (χ4v) is 3.47. The number of amides is 2. The van der Waals surface area contributed by atoms with Gasteiger partial charge in [0.1, 0.15) is 17.0 Å². The molecule has 0 spiro atoms. The van der Waals surface area contributed by atoms with Gasteiger partial charge in [0.15, 0.2) is 0 Å². The van der Waals surface area contributed by atoms with E-state index in [4.69, 9.17) is 16.3 Å². The van der Waals surface area contributed by atoms with Gasteiger partial charge in [0.2, 0.25) is 0 Å². The molecule has 1 aliphatic rings. The number of carbonyl (C=O) groups excluding carboxylic acids is 2. The van der Waals surface area contributed by atoms with Gasteiger partial charge in [-0.25, -0.2) is 9.78 Å². The van der Waals surface area contributed by atoms with Crippen molar-refractivity contribution in [3.63, 3.8) is 0 Å². The van der Waals surface area contributed by atoms with Crippen LogP contribution in [0.2, 0.25) is 5.02 Å². The predicted octanol–water partition coefficient (Wildman–Crippen LogP) is 4.35. The number of nitrogens with one attached hydrogen (secondary N) is 1. The molecule has 1 saturated heterocycles. The molecule has 1 unspecified atom stereocenters. The number of carbonyl (C=O) groups is 2. The number of hydrogen-bond donors (Lipinski definition) is 1. The van der Waals surface area contributed by atoms with Crippen molar-refractivity contribution in [3.8, 4) is 0 Å². The summed E-state index contributed by atoms with van der Waals surface area (Å²) in [7, 11) is 0. The Hall–Kier alpha value is -2.60. The summed E-state index contributed by atoms with van der Waals surface area (Å²) in [5.41, 5.74) is -0.581. The highest BCUT2D eigenvalue weighted by molar-refractivity contribution is 6.30. The number of aromatic nitrogens is 1. The van der Waals surface area contributed by atoms with E-state index in [0.717, 1.165) is 12.0 Å². The van der Waals surface area contributed by atoms with Crippen molar-refractivity contribution in [3.05, 3.63) is 64.9 Å². The second-order valence-corrected chi connectivity index (χ2v) is 8.21. The van der Waals surface area contributed by atoms with E-state index in [2.05, 4.69) is 10.3 Å². The molecule has 0 saturated carbocycles. The molecule has 1 aromatic carbocycles. The second kappa shape index (κ2) is 7.80. The quantitative estimate of drug-likeness (QED) is 0.829. The summed E-state index contributed by atoms with van der Waals surface area (Å²) in [6.07, 6.45) is 2.28. The van der Waals surface area contributed by atoms with Gasteiger partial charge < -0.3 is 10.1 Å². The van der Waals surface area contributed by atoms with Crippen LogP contribution in [-0.2, 0) is 10.4 Å². The van der Waals surface area contributed by atoms with Crippen molar-refractivity contribution in [2.75, 3.05) is 6.54 Å². The molecule has 0 aliphatic carbocycles. The fraction of sp³-hybridized carbons (Fsp3) is 0.381. The zero-order valence-electron chi connectivity index (χ0n) is 16.2. The van der Waals surface area contributed by atoms with Gasteiger partial charge in [-0.3, -0.25) is 9.69 Å². The summed E-state index contributed by atoms with van der Waals surface area (Å²) >= 11 is 5.87. The maximum atomic E-state index is 12.9. The van der Waals surface area contributed by atoms with Crippen LogP contribution in [0.25, 0.3) is 0 Å². The van der Waals surface area contributed by atoms with Crippen LogP contribution < -0.4 is 5.32 Å². The number of nitrogens with zero attached hydrogens (tertiary/aromatic N) is 2. The maximum Gasteiger partial charge on any atom is 0.412 e. The van der Waals surface area contributed by atoms with Crippen LogP contribution in [0, 0.1) is 0 Å². The smallest absolute Gasteiger partial charge is 0.412 e. The lowest BCUT2D eigenvalue weighted by atomic mass is 9.96. The molecule has 1 aliphatic heterocycles. The van der Waals surface area contributed by atoms with Crippen molar-refractivity contribution in [1.82, 2.24) is 15.2 Å². The predicted molar refractivity (Wildman–Crippen MR) is 107 cm³/mol. The summed E-state index contributed by atoms with van der Waals surface area (Å²) < 4.78 is 5.60. The minimum Gasteiger partial charge on any atom is -0.444 e. The van der Waals surface area contributed by atoms with Gasteiger partial charge in [-0.1, -0.05) is 41.9 Å². The van der Waals surface area contributed by atoms with Gasteiger partial charge in [-0.2, -0.15) is 0 Å². The van der Waals surface area contributed by atoms with E-state index in [0.29, 0.717) is 18.0 Å². The third-order valence-corrected chi connectivity index (χ3v) is 4.75. The van der Waals surface area contributed by atoms with Crippen LogP contribution >= 0.6 is 11.6 Å². The molecule has 3 rings (SSSR count). The number of rotatable bonds is 3. The molecule has 2 amide bonds. The molecule has 2 aromatic rings. The monoisotopic (exact) mass is 401 g/mol. The van der Waals surface area contributed by atoms with Crippen molar-refractivity contribution in [2.45, 2.75) is 44.9 Å². The Labute approximate surface area is 169 Å². The molecule has 1 N–H and O–H groups in total. The summed E-state index contributed by atoms with van der Waals surface area (Å²) in [6.45, 7) is 5.95. The highest BCUT2D eigenvalue weighted by Gasteiger charge is 2.48. The van der Waals surface area contributed by atoms with Crippen LogP contribution in [0.1, 0.15) is 49.7 Å². The van der Waals surface area contributed by atoms with Crippen molar-refractivity contribution < 1.29 is 14.3 Å². The largest absolute Gasteiger partial charge is 0.444 e. The van der Waals surface area contributed by atoms with E-state index >= 15 is 0 Å². The average Bonchev–Trinajstić information content (AvgIpc) is 3.06. The second-order valence-electron chi connectivity index (χ2n) is 7.78. The number of hydrogen-bond acceptors (Lipinski definition) is 4. The highest BCUT2D eigenvalue weighted by atomic mass is 35.5. The first kappa shape index (κ1) is 20.1. The van der Waals surface area contributed by atoms with E-state index in [9.17, 15) is 9.59 Å². The van der Waals surface area contributed by atoms with Gasteiger partial charge in [-0.05, 0) is 51.3 Å². The van der Waals surface area contributed by atoms with Gasteiger partial charge in [-0.15, -0.1) is 0 Å². The lowest BCUT2D eigenvalue weighted by Gasteiger charge is -2.40. The normalized spacial score (nSPS) is 19.4. The highest BCUT2D eigenvalue weighted by Crippen LogP contribution is 2.38. The summed E-state index contributed by atoms with van der Waals surface area (Å²) in [4.78, 5) is 31.6. The number of pyridine rings is 1. The molecule has 0 bridgehead atoms. The van der Waals surface area contributed by atoms with Crippen LogP contribution in [0.5, 0.6) is 0 Å². The van der Waals surface area contributed by atoms with Gasteiger partial charge in [0.25, 0.3) is 5.91 Å². The van der Waals surface area contributed by atoms with Gasteiger partial charge in [0.05, 0.1) is 5.02 Å². The fourth-order valence-electron chi connectivity index (χ4n) is 3.36. The van der Waals surface area contributed by atoms with Crippen LogP contribution in [0.4, 0.5) is 4.79 Å². The summed E-state index contributed by atoms with van der Waals surface area (Å²) in [5.74, 6) is -0.379. The Bertz CT molecular complexity index is 849. The standard InChI is InChI=1S/C21H24ClN3O3/c1-20(2,3)28-19(27)25-13-7-12-21(25,15-8-5-4-6-9-15)24-18(26)17-11-10-16(22)14-23-17/h4-6,8-11,14H,7,12-13H2,1-3H3,(H,24,26). The minimum atomic E-state index is -0.998. The van der Waals surface area contributed by atoms with E-state index in [1.165, 1.54) is 6.20 Å². The molecule has 1 fully saturated rings. The molecule has 28 heavy (non-hydrogen) atoms. The summed E-state index contributed by atoms with van der Waals surface area (Å²) in [5, 5.41) is 3.49. The molecule has 0 radical (unpaired) electrons. The molecule has 1 atom stereocenters. The topological polar surface area (TPSA) is 71.5 Å². The number of ether oxygens (including phenoxy) is 1. The number of halogens is 1. The Morgan fingerprint density at radius 3 is 2.50 bits per heavy atom. The van der Waals surface area contributed by atoms with Gasteiger partial charge >= 0.3 is 6.09 Å². The summed E-state index contributed by atoms with van der Waals surface area (Å²) in [6, 6.07) is 12.6. The van der Waals surface area contributed by atoms with Crippen molar-refractivity contribution in [2.24, 2.45) is 0 Å². The third kappa shape index (κ3) is 4.28. The zero-order valence-corrected chi connectivity index (χ0v) is 17.0. The lowest BCUT2D eigenvalue weighted by Crippen LogP contribution is -2.57. The molecule has 148 valence electrons. The minimum absolute atomic E-state index is 0.232. The maximum absolute atomic E-state index is 12.9. The van der Waals surface area contributed by atoms with Gasteiger partial charge in [0, 0.05) is 12.7 Å². The van der Waals surface area contributed by atoms with E-state index in [-0.39, 0.29) is 11.6 Å². The Kier molecular flexibility index (Phi) is 5.61. The molecular formula is C21H24ClN3O3. The molecule has 1 aromatic heterocycles. The molecule has 2 heterocycles. The van der Waals surface area contributed by atoms with E-state index in [1.54, 1.807) is 17.0 Å². The third-order valence-electron chi connectivity index (χ3n) is 4.53. The molecule has 6 nitrogen and oxygen atoms in total. The average molecular weight is 402 g/mol. The SMILES string of the molecule is CC(C)(C)OC(=O)N1CCCC1(NC(=O)c1ccc(Cl)cn1)c1ccccc1. The first-order valence-electron chi connectivity index (χ1n) is 9.21. The Morgan fingerprint density at radius 1 is 1.18 bits per heavy atom. The van der Waals surface area contributed by atoms with E-state index < -0.39 is 17.4 Å². The van der Waals surface area contributed by atoms with Crippen LogP contribution in [0.15, 0.2) is 48.7 Å². The van der Waals surface area contributed by atoms with E-state index in [1.807, 2.05) is 51.1 Å². The Balaban J connectivity index is 1.97. The molecular weight excluding hydrogens is 378 g/mol. The zero-order chi connectivity index (χ0) is 20.4. The Morgan fingerprint density at radius 2 is 1.89 bits per heavy atom. The van der Waals surface area contributed by atoms with Crippen LogP contribution in [-0.4, -0.2) is 34.0 Å². The van der Waals surface area contributed by atoms with Crippen molar-refractivity contribution >= 4 is 23.6 Å². The number of likely N-dealkylation sites (tertiary alicyclic amines) is 1. The van der Waals surface area contributed by atoms with Crippen LogP contribution in [0.3, 0.4) is 0 Å². The molecule has 7 heteroatoms. The number of benzene rings is 1. The lowest BCUT2D eigenvalue weighted by molar-refractivity contribution is 0.000573. The first-order valence-corrected chi connectivity index (χ1v) is 9.59. The first-order chi connectivity index (χ1) is 13.2. The van der Waals surface area contributed by atoms with Crippen molar-refractivity contribution in [1.29, 1.82) is 0 Å².